The summed E-state index contributed by atoms with van der Waals surface area (Å²) in [6.07, 6.45) is 5.80. The fraction of sp³-hybridized carbons (Fsp3) is 0.444. The molecule has 1 aliphatic heterocycles. The number of amides is 3. The van der Waals surface area contributed by atoms with Crippen molar-refractivity contribution in [2.45, 2.75) is 31.2 Å². The molecular weight excluding hydrogens is 354 g/mol. The number of nitrogens with zero attached hydrogens (tertiary/aromatic N) is 1. The molecule has 1 aromatic rings. The standard InChI is InChI=1S/C18H23N3O4S/c22-16-9-13-21(17(23)19-16)12-5-2-6-14-26(24,25)20-18(10-11-18)15-7-3-1-4-8-15/h1-5,7-8,20H,6,9-14H2,(H,19,22,23)/b5-2+. The number of imide groups is 1. The minimum atomic E-state index is -3.39. The average Bonchev–Trinajstić information content (AvgIpc) is 3.37. The average molecular weight is 377 g/mol. The monoisotopic (exact) mass is 377 g/mol. The van der Waals surface area contributed by atoms with Gasteiger partial charge >= 0.3 is 6.03 Å². The fourth-order valence-electron chi connectivity index (χ4n) is 3.00. The summed E-state index contributed by atoms with van der Waals surface area (Å²) in [6.45, 7) is 0.745. The van der Waals surface area contributed by atoms with Gasteiger partial charge < -0.3 is 4.90 Å². The van der Waals surface area contributed by atoms with Crippen LogP contribution >= 0.6 is 0 Å². The number of rotatable bonds is 8. The predicted molar refractivity (Wildman–Crippen MR) is 97.8 cm³/mol. The molecule has 2 N–H and O–H groups in total. The first-order chi connectivity index (χ1) is 12.4. The van der Waals surface area contributed by atoms with Crippen LogP contribution in [0.1, 0.15) is 31.2 Å². The summed E-state index contributed by atoms with van der Waals surface area (Å²) >= 11 is 0. The Hall–Kier alpha value is -2.19. The number of hydrogen-bond acceptors (Lipinski definition) is 4. The Morgan fingerprint density at radius 3 is 2.54 bits per heavy atom. The molecule has 1 aliphatic carbocycles. The molecule has 0 spiro atoms. The van der Waals surface area contributed by atoms with Crippen LogP contribution in [0.4, 0.5) is 4.79 Å². The fourth-order valence-corrected chi connectivity index (χ4v) is 4.46. The van der Waals surface area contributed by atoms with E-state index >= 15 is 0 Å². The second-order valence-electron chi connectivity index (χ2n) is 6.68. The Labute approximate surface area is 153 Å². The van der Waals surface area contributed by atoms with Gasteiger partial charge in [0.15, 0.2) is 0 Å². The molecule has 140 valence electrons. The van der Waals surface area contributed by atoms with Gasteiger partial charge in [0, 0.05) is 19.5 Å². The zero-order valence-electron chi connectivity index (χ0n) is 14.5. The van der Waals surface area contributed by atoms with E-state index in [1.54, 1.807) is 12.2 Å². The quantitative estimate of drug-likeness (QED) is 0.671. The van der Waals surface area contributed by atoms with Crippen molar-refractivity contribution in [2.75, 3.05) is 18.8 Å². The SMILES string of the molecule is O=C1CCN(C/C=C/CCS(=O)(=O)NC2(c3ccccc3)CC2)C(=O)N1. The summed E-state index contributed by atoms with van der Waals surface area (Å²) in [7, 11) is -3.39. The second-order valence-corrected chi connectivity index (χ2v) is 8.52. The topological polar surface area (TPSA) is 95.6 Å². The van der Waals surface area contributed by atoms with E-state index in [9.17, 15) is 18.0 Å². The lowest BCUT2D eigenvalue weighted by Crippen LogP contribution is -2.49. The number of hydrogen-bond donors (Lipinski definition) is 2. The van der Waals surface area contributed by atoms with Crippen LogP contribution in [0.15, 0.2) is 42.5 Å². The van der Waals surface area contributed by atoms with E-state index in [0.29, 0.717) is 25.9 Å². The minimum absolute atomic E-state index is 0.00274. The highest BCUT2D eigenvalue weighted by atomic mass is 32.2. The van der Waals surface area contributed by atoms with Crippen LogP contribution in [-0.2, 0) is 20.4 Å². The minimum Gasteiger partial charge on any atom is -0.320 e. The van der Waals surface area contributed by atoms with Crippen LogP contribution in [0.3, 0.4) is 0 Å². The summed E-state index contributed by atoms with van der Waals surface area (Å²) in [5, 5.41) is 2.25. The van der Waals surface area contributed by atoms with E-state index in [4.69, 9.17) is 0 Å². The summed E-state index contributed by atoms with van der Waals surface area (Å²) in [6, 6.07) is 9.23. The molecule has 0 radical (unpaired) electrons. The lowest BCUT2D eigenvalue weighted by molar-refractivity contribution is -0.121. The molecule has 2 aliphatic rings. The highest BCUT2D eigenvalue weighted by Crippen LogP contribution is 2.45. The maximum atomic E-state index is 12.4. The van der Waals surface area contributed by atoms with Gasteiger partial charge in [0.1, 0.15) is 0 Å². The van der Waals surface area contributed by atoms with Crippen molar-refractivity contribution in [3.05, 3.63) is 48.0 Å². The van der Waals surface area contributed by atoms with Crippen LogP contribution in [0.5, 0.6) is 0 Å². The molecule has 0 atom stereocenters. The lowest BCUT2D eigenvalue weighted by atomic mass is 10.1. The van der Waals surface area contributed by atoms with Crippen molar-refractivity contribution >= 4 is 22.0 Å². The lowest BCUT2D eigenvalue weighted by Gasteiger charge is -2.25. The van der Waals surface area contributed by atoms with Crippen molar-refractivity contribution in [3.8, 4) is 0 Å². The highest BCUT2D eigenvalue weighted by molar-refractivity contribution is 7.89. The van der Waals surface area contributed by atoms with Gasteiger partial charge in [0.2, 0.25) is 15.9 Å². The number of carbonyl (C=O) groups excluding carboxylic acids is 2. The maximum Gasteiger partial charge on any atom is 0.324 e. The Kier molecular flexibility index (Phi) is 5.43. The summed E-state index contributed by atoms with van der Waals surface area (Å²) < 4.78 is 27.5. The predicted octanol–water partition coefficient (Wildman–Crippen LogP) is 1.48. The van der Waals surface area contributed by atoms with Crippen LogP contribution < -0.4 is 10.0 Å². The third kappa shape index (κ3) is 4.70. The van der Waals surface area contributed by atoms with Crippen molar-refractivity contribution < 1.29 is 18.0 Å². The molecule has 1 saturated heterocycles. The second kappa shape index (κ2) is 7.59. The van der Waals surface area contributed by atoms with Crippen LogP contribution in [0, 0.1) is 0 Å². The van der Waals surface area contributed by atoms with Crippen molar-refractivity contribution in [1.29, 1.82) is 0 Å². The van der Waals surface area contributed by atoms with Crippen molar-refractivity contribution in [3.63, 3.8) is 0 Å². The molecule has 1 heterocycles. The molecule has 1 aromatic carbocycles. The van der Waals surface area contributed by atoms with Crippen LogP contribution in [0.25, 0.3) is 0 Å². The first-order valence-corrected chi connectivity index (χ1v) is 10.4. The molecule has 2 fully saturated rings. The smallest absolute Gasteiger partial charge is 0.320 e. The zero-order valence-corrected chi connectivity index (χ0v) is 15.3. The number of sulfonamides is 1. The van der Waals surface area contributed by atoms with Crippen molar-refractivity contribution in [1.82, 2.24) is 14.9 Å². The van der Waals surface area contributed by atoms with Gasteiger partial charge in [-0.3, -0.25) is 10.1 Å². The molecule has 0 unspecified atom stereocenters. The molecule has 0 aromatic heterocycles. The first kappa shape index (κ1) is 18.6. The normalized spacial score (nSPS) is 19.6. The van der Waals surface area contributed by atoms with E-state index in [1.807, 2.05) is 30.3 Å². The zero-order chi connectivity index (χ0) is 18.6. The Bertz CT molecular complexity index is 801. The van der Waals surface area contributed by atoms with Crippen LogP contribution in [0.2, 0.25) is 0 Å². The third-order valence-corrected chi connectivity index (χ3v) is 6.09. The number of nitrogens with one attached hydrogen (secondary N) is 2. The van der Waals surface area contributed by atoms with Gasteiger partial charge in [-0.1, -0.05) is 42.5 Å². The van der Waals surface area contributed by atoms with E-state index in [-0.39, 0.29) is 11.7 Å². The molecule has 7 nitrogen and oxygen atoms in total. The molecular formula is C18H23N3O4S. The molecule has 26 heavy (non-hydrogen) atoms. The summed E-state index contributed by atoms with van der Waals surface area (Å²) in [5.74, 6) is -0.261. The van der Waals surface area contributed by atoms with Gasteiger partial charge in [-0.15, -0.1) is 0 Å². The number of urea groups is 1. The van der Waals surface area contributed by atoms with Gasteiger partial charge in [-0.2, -0.15) is 0 Å². The van der Waals surface area contributed by atoms with Crippen LogP contribution in [-0.4, -0.2) is 44.1 Å². The summed E-state index contributed by atoms with van der Waals surface area (Å²) in [4.78, 5) is 24.2. The largest absolute Gasteiger partial charge is 0.324 e. The summed E-state index contributed by atoms with van der Waals surface area (Å²) in [5.41, 5.74) is 0.562. The number of allylic oxidation sites excluding steroid dienone is 1. The molecule has 3 amide bonds. The van der Waals surface area contributed by atoms with E-state index in [1.165, 1.54) is 4.90 Å². The highest BCUT2D eigenvalue weighted by Gasteiger charge is 2.46. The Balaban J connectivity index is 1.45. The van der Waals surface area contributed by atoms with E-state index in [2.05, 4.69) is 10.0 Å². The van der Waals surface area contributed by atoms with Crippen molar-refractivity contribution in [2.24, 2.45) is 0 Å². The Morgan fingerprint density at radius 1 is 1.15 bits per heavy atom. The number of benzene rings is 1. The first-order valence-electron chi connectivity index (χ1n) is 8.71. The van der Waals surface area contributed by atoms with Gasteiger partial charge in [-0.25, -0.2) is 17.9 Å². The third-order valence-electron chi connectivity index (χ3n) is 4.62. The molecule has 8 heteroatoms. The van der Waals surface area contributed by atoms with Gasteiger partial charge in [-0.05, 0) is 24.8 Å². The number of carbonyl (C=O) groups is 2. The molecule has 3 rings (SSSR count). The van der Waals surface area contributed by atoms with E-state index in [0.717, 1.165) is 18.4 Å². The van der Waals surface area contributed by atoms with Gasteiger partial charge in [0.05, 0.1) is 11.3 Å². The maximum absolute atomic E-state index is 12.4. The van der Waals surface area contributed by atoms with Gasteiger partial charge in [0.25, 0.3) is 0 Å². The molecule has 1 saturated carbocycles. The Morgan fingerprint density at radius 2 is 1.88 bits per heavy atom. The molecule has 0 bridgehead atoms. The van der Waals surface area contributed by atoms with E-state index < -0.39 is 21.6 Å².